The first kappa shape index (κ1) is 29.0. The normalized spacial score (nSPS) is 16.4. The van der Waals surface area contributed by atoms with E-state index in [9.17, 15) is 19.2 Å². The number of piperidine rings is 1. The molecule has 0 spiro atoms. The molecule has 2 fully saturated rings. The number of likely N-dealkylation sites (tertiary alicyclic amines) is 1. The highest BCUT2D eigenvalue weighted by molar-refractivity contribution is 5.98. The first-order valence-corrected chi connectivity index (χ1v) is 14.7. The molecule has 1 saturated heterocycles. The van der Waals surface area contributed by atoms with Crippen molar-refractivity contribution in [2.75, 3.05) is 37.3 Å². The number of nitrogens with one attached hydrogen (secondary N) is 2. The van der Waals surface area contributed by atoms with Crippen molar-refractivity contribution >= 4 is 35.0 Å². The van der Waals surface area contributed by atoms with E-state index < -0.39 is 0 Å². The zero-order valence-corrected chi connectivity index (χ0v) is 24.1. The summed E-state index contributed by atoms with van der Waals surface area (Å²) in [6, 6.07) is 24.2. The van der Waals surface area contributed by atoms with Crippen molar-refractivity contribution < 1.29 is 19.2 Å². The first-order valence-electron chi connectivity index (χ1n) is 14.7. The van der Waals surface area contributed by atoms with Crippen LogP contribution in [0.25, 0.3) is 0 Å². The Labute approximate surface area is 247 Å². The fraction of sp³-hybridized carbons (Fsp3) is 0.353. The third-order valence-electron chi connectivity index (χ3n) is 7.91. The Bertz CT molecular complexity index is 1440. The van der Waals surface area contributed by atoms with Gasteiger partial charge in [0.2, 0.25) is 17.7 Å². The van der Waals surface area contributed by atoms with Gasteiger partial charge in [0, 0.05) is 49.5 Å². The Hall–Kier alpha value is -4.46. The Kier molecular flexibility index (Phi) is 9.31. The van der Waals surface area contributed by atoms with Gasteiger partial charge < -0.3 is 20.4 Å². The van der Waals surface area contributed by atoms with Crippen LogP contribution in [0.4, 0.5) is 11.4 Å². The summed E-state index contributed by atoms with van der Waals surface area (Å²) in [5, 5.41) is 5.87. The van der Waals surface area contributed by atoms with Crippen molar-refractivity contribution in [1.29, 1.82) is 0 Å². The van der Waals surface area contributed by atoms with Crippen LogP contribution in [-0.2, 0) is 27.2 Å². The van der Waals surface area contributed by atoms with Crippen molar-refractivity contribution in [2.24, 2.45) is 11.8 Å². The number of carbonyl (C=O) groups is 4. The van der Waals surface area contributed by atoms with Crippen molar-refractivity contribution in [3.8, 4) is 0 Å². The highest BCUT2D eigenvalue weighted by Crippen LogP contribution is 2.32. The third kappa shape index (κ3) is 7.84. The van der Waals surface area contributed by atoms with Gasteiger partial charge in [-0.2, -0.15) is 0 Å². The lowest BCUT2D eigenvalue weighted by molar-refractivity contribution is -0.135. The monoisotopic (exact) mass is 566 g/mol. The second-order valence-electron chi connectivity index (χ2n) is 11.4. The Morgan fingerprint density at radius 1 is 0.810 bits per heavy atom. The Morgan fingerprint density at radius 2 is 1.52 bits per heavy atom. The standard InChI is InChI=1S/C34H38N4O4/c1-37(19-17-24-8-3-2-4-9-24)33(41)27-11-6-14-30(22-27)35-31(39)21-25-10-5-13-29(20-25)36-32(40)28-12-7-18-38(23-28)34(42)26-15-16-26/h2-6,8-11,13-14,20,22,26,28H,7,12,15-19,21,23H2,1H3,(H,35,39)(H,36,40). The molecule has 8 heteroatoms. The van der Waals surface area contributed by atoms with E-state index in [-0.39, 0.29) is 41.9 Å². The predicted octanol–water partition coefficient (Wildman–Crippen LogP) is 4.77. The topological polar surface area (TPSA) is 98.8 Å². The number of hydrogen-bond donors (Lipinski definition) is 2. The lowest BCUT2D eigenvalue weighted by Gasteiger charge is -2.32. The minimum absolute atomic E-state index is 0.0971. The van der Waals surface area contributed by atoms with Gasteiger partial charge in [-0.15, -0.1) is 0 Å². The van der Waals surface area contributed by atoms with Gasteiger partial charge in [0.25, 0.3) is 5.91 Å². The molecule has 3 aromatic carbocycles. The van der Waals surface area contributed by atoms with Crippen molar-refractivity contribution in [1.82, 2.24) is 9.80 Å². The van der Waals surface area contributed by atoms with Gasteiger partial charge in [0.05, 0.1) is 12.3 Å². The van der Waals surface area contributed by atoms with Gasteiger partial charge in [-0.25, -0.2) is 0 Å². The van der Waals surface area contributed by atoms with Crippen LogP contribution in [0.5, 0.6) is 0 Å². The Balaban J connectivity index is 1.12. The molecule has 2 aliphatic rings. The zero-order valence-electron chi connectivity index (χ0n) is 24.1. The summed E-state index contributed by atoms with van der Waals surface area (Å²) >= 11 is 0. The molecular formula is C34H38N4O4. The fourth-order valence-corrected chi connectivity index (χ4v) is 5.37. The fourth-order valence-electron chi connectivity index (χ4n) is 5.37. The van der Waals surface area contributed by atoms with Crippen LogP contribution in [-0.4, -0.2) is 60.1 Å². The molecule has 8 nitrogen and oxygen atoms in total. The highest BCUT2D eigenvalue weighted by Gasteiger charge is 2.36. The maximum Gasteiger partial charge on any atom is 0.253 e. The minimum Gasteiger partial charge on any atom is -0.342 e. The molecule has 218 valence electrons. The van der Waals surface area contributed by atoms with E-state index in [1.165, 1.54) is 5.56 Å². The largest absolute Gasteiger partial charge is 0.342 e. The van der Waals surface area contributed by atoms with Gasteiger partial charge in [0.1, 0.15) is 0 Å². The van der Waals surface area contributed by atoms with E-state index in [4.69, 9.17) is 0 Å². The molecule has 0 bridgehead atoms. The molecule has 4 amide bonds. The molecule has 0 radical (unpaired) electrons. The summed E-state index contributed by atoms with van der Waals surface area (Å²) in [7, 11) is 1.78. The predicted molar refractivity (Wildman–Crippen MR) is 163 cm³/mol. The number of carbonyl (C=O) groups excluding carboxylic acids is 4. The highest BCUT2D eigenvalue weighted by atomic mass is 16.2. The second-order valence-corrected chi connectivity index (χ2v) is 11.4. The third-order valence-corrected chi connectivity index (χ3v) is 7.91. The molecule has 1 aliphatic heterocycles. The quantitative estimate of drug-likeness (QED) is 0.369. The molecule has 1 aliphatic carbocycles. The lowest BCUT2D eigenvalue weighted by Crippen LogP contribution is -2.44. The number of likely N-dealkylation sites (N-methyl/N-ethyl adjacent to an activating group) is 1. The van der Waals surface area contributed by atoms with E-state index in [2.05, 4.69) is 10.6 Å². The smallest absolute Gasteiger partial charge is 0.253 e. The maximum absolute atomic E-state index is 13.0. The van der Waals surface area contributed by atoms with E-state index >= 15 is 0 Å². The summed E-state index contributed by atoms with van der Waals surface area (Å²) in [5.74, 6) is -0.319. The average molecular weight is 567 g/mol. The molecule has 3 aromatic rings. The Morgan fingerprint density at radius 3 is 2.29 bits per heavy atom. The molecule has 42 heavy (non-hydrogen) atoms. The van der Waals surface area contributed by atoms with Gasteiger partial charge in [-0.1, -0.05) is 48.5 Å². The van der Waals surface area contributed by atoms with Gasteiger partial charge >= 0.3 is 0 Å². The van der Waals surface area contributed by atoms with Crippen LogP contribution in [0, 0.1) is 11.8 Å². The number of benzene rings is 3. The number of rotatable bonds is 10. The molecule has 1 heterocycles. The maximum atomic E-state index is 13.0. The van der Waals surface area contributed by atoms with Crippen molar-refractivity contribution in [2.45, 2.75) is 38.5 Å². The van der Waals surface area contributed by atoms with Crippen LogP contribution in [0.15, 0.2) is 78.9 Å². The molecule has 2 N–H and O–H groups in total. The molecule has 1 saturated carbocycles. The summed E-state index contributed by atoms with van der Waals surface area (Å²) in [6.07, 6.45) is 4.38. The summed E-state index contributed by atoms with van der Waals surface area (Å²) in [6.45, 7) is 1.78. The van der Waals surface area contributed by atoms with Gasteiger partial charge in [-0.05, 0) is 73.6 Å². The second kappa shape index (κ2) is 13.5. The molecule has 1 unspecified atom stereocenters. The molecular weight excluding hydrogens is 528 g/mol. The summed E-state index contributed by atoms with van der Waals surface area (Å²) in [5.41, 5.74) is 3.61. The summed E-state index contributed by atoms with van der Waals surface area (Å²) in [4.78, 5) is 54.8. The van der Waals surface area contributed by atoms with Gasteiger partial charge in [-0.3, -0.25) is 19.2 Å². The summed E-state index contributed by atoms with van der Waals surface area (Å²) < 4.78 is 0. The van der Waals surface area contributed by atoms with Gasteiger partial charge in [0.15, 0.2) is 0 Å². The van der Waals surface area contributed by atoms with Crippen LogP contribution < -0.4 is 10.6 Å². The number of nitrogens with zero attached hydrogens (tertiary/aromatic N) is 2. The van der Waals surface area contributed by atoms with E-state index in [1.54, 1.807) is 48.3 Å². The van der Waals surface area contributed by atoms with Crippen LogP contribution in [0.3, 0.4) is 0 Å². The van der Waals surface area contributed by atoms with E-state index in [0.717, 1.165) is 44.2 Å². The first-order chi connectivity index (χ1) is 20.4. The minimum atomic E-state index is -0.235. The number of anilines is 2. The molecule has 0 aromatic heterocycles. The van der Waals surface area contributed by atoms with Crippen LogP contribution in [0.1, 0.15) is 47.2 Å². The SMILES string of the molecule is CN(CCc1ccccc1)C(=O)c1cccc(NC(=O)Cc2cccc(NC(=O)C3CCCN(C(=O)C4CC4)C3)c2)c1. The van der Waals surface area contributed by atoms with Crippen molar-refractivity contribution in [3.05, 3.63) is 95.6 Å². The lowest BCUT2D eigenvalue weighted by atomic mass is 9.96. The van der Waals surface area contributed by atoms with E-state index in [0.29, 0.717) is 30.0 Å². The van der Waals surface area contributed by atoms with Crippen molar-refractivity contribution in [3.63, 3.8) is 0 Å². The number of amides is 4. The number of hydrogen-bond acceptors (Lipinski definition) is 4. The molecule has 1 atom stereocenters. The average Bonchev–Trinajstić information content (AvgIpc) is 3.86. The van der Waals surface area contributed by atoms with E-state index in [1.807, 2.05) is 47.4 Å². The van der Waals surface area contributed by atoms with Crippen LogP contribution in [0.2, 0.25) is 0 Å². The van der Waals surface area contributed by atoms with Crippen LogP contribution >= 0.6 is 0 Å². The zero-order chi connectivity index (χ0) is 29.5. The molecule has 5 rings (SSSR count).